The molecule has 0 amide bonds. The van der Waals surface area contributed by atoms with Crippen molar-refractivity contribution in [3.05, 3.63) is 81.0 Å². The number of hydrogen-bond acceptors (Lipinski definition) is 2. The molecule has 3 aromatic rings. The molecule has 0 spiro atoms. The summed E-state index contributed by atoms with van der Waals surface area (Å²) in [6, 6.07) is 17.0. The zero-order chi connectivity index (χ0) is 18.5. The third kappa shape index (κ3) is 3.63. The molecule has 0 saturated carbocycles. The number of rotatable bonds is 7. The van der Waals surface area contributed by atoms with Gasteiger partial charge in [0.1, 0.15) is 0 Å². The van der Waals surface area contributed by atoms with Gasteiger partial charge in [-0.25, -0.2) is 4.79 Å². The molecule has 0 radical (unpaired) electrons. The maximum absolute atomic E-state index is 13.1. The molecule has 0 bridgehead atoms. The second-order valence-electron chi connectivity index (χ2n) is 6.54. The van der Waals surface area contributed by atoms with Crippen molar-refractivity contribution in [1.29, 1.82) is 0 Å². The van der Waals surface area contributed by atoms with Gasteiger partial charge in [0.05, 0.1) is 43.6 Å². The summed E-state index contributed by atoms with van der Waals surface area (Å²) in [5.74, 6) is 0. The van der Waals surface area contributed by atoms with Gasteiger partial charge in [-0.3, -0.25) is 13.9 Å². The Morgan fingerprint density at radius 2 is 1.50 bits per heavy atom. The van der Waals surface area contributed by atoms with Gasteiger partial charge in [0.2, 0.25) is 0 Å². The maximum Gasteiger partial charge on any atom is 0.331 e. The molecule has 0 atom stereocenters. The van der Waals surface area contributed by atoms with Crippen molar-refractivity contribution in [2.75, 3.05) is 19.6 Å². The van der Waals surface area contributed by atoms with Gasteiger partial charge in [0.25, 0.3) is 5.56 Å². The summed E-state index contributed by atoms with van der Waals surface area (Å²) in [4.78, 5) is 27.4. The van der Waals surface area contributed by atoms with Crippen molar-refractivity contribution in [2.45, 2.75) is 26.9 Å². The molecule has 0 unspecified atom stereocenters. The molecule has 1 N–H and O–H groups in total. The standard InChI is InChI=1S/C21H25N3O2/c1-3-22(4-2)14-15-23-19-13-9-8-12-18(19)20(25)24(21(23)26)16-17-10-6-5-7-11-17/h5-13H,3-4,14-16H2,1-2H3/p+1. The summed E-state index contributed by atoms with van der Waals surface area (Å²) >= 11 is 0. The molecule has 1 aromatic heterocycles. The molecule has 3 rings (SSSR count). The Hall–Kier alpha value is -2.66. The van der Waals surface area contributed by atoms with E-state index in [0.717, 1.165) is 30.7 Å². The average Bonchev–Trinajstić information content (AvgIpc) is 2.69. The SMILES string of the molecule is CC[NH+](CC)CCn1c(=O)n(Cc2ccccc2)c(=O)c2ccccc21. The monoisotopic (exact) mass is 352 g/mol. The van der Waals surface area contributed by atoms with Crippen LogP contribution in [0.5, 0.6) is 0 Å². The van der Waals surface area contributed by atoms with Crippen molar-refractivity contribution in [1.82, 2.24) is 9.13 Å². The Balaban J connectivity index is 2.10. The summed E-state index contributed by atoms with van der Waals surface area (Å²) in [5, 5.41) is 0.595. The van der Waals surface area contributed by atoms with Crippen LogP contribution in [-0.4, -0.2) is 28.8 Å². The van der Waals surface area contributed by atoms with Crippen molar-refractivity contribution in [3.63, 3.8) is 0 Å². The number of hydrogen-bond donors (Lipinski definition) is 1. The minimum absolute atomic E-state index is 0.221. The first-order chi connectivity index (χ1) is 12.7. The molecule has 0 saturated heterocycles. The van der Waals surface area contributed by atoms with E-state index in [1.165, 1.54) is 9.47 Å². The summed E-state index contributed by atoms with van der Waals surface area (Å²) < 4.78 is 3.11. The Bertz CT molecular complexity index is 986. The summed E-state index contributed by atoms with van der Waals surface area (Å²) in [6.07, 6.45) is 0. The molecule has 2 aromatic carbocycles. The number of likely N-dealkylation sites (N-methyl/N-ethyl adjacent to an activating group) is 1. The third-order valence-electron chi connectivity index (χ3n) is 5.00. The van der Waals surface area contributed by atoms with Crippen molar-refractivity contribution in [2.24, 2.45) is 0 Å². The molecule has 26 heavy (non-hydrogen) atoms. The maximum atomic E-state index is 13.1. The zero-order valence-corrected chi connectivity index (χ0v) is 15.4. The predicted octanol–water partition coefficient (Wildman–Crippen LogP) is 1.14. The second-order valence-corrected chi connectivity index (χ2v) is 6.54. The minimum Gasteiger partial charge on any atom is -0.334 e. The Morgan fingerprint density at radius 3 is 2.19 bits per heavy atom. The second kappa shape index (κ2) is 8.15. The van der Waals surface area contributed by atoms with Gasteiger partial charge in [0, 0.05) is 0 Å². The highest BCUT2D eigenvalue weighted by atomic mass is 16.2. The van der Waals surface area contributed by atoms with Crippen LogP contribution in [0.4, 0.5) is 0 Å². The highest BCUT2D eigenvalue weighted by Gasteiger charge is 2.14. The van der Waals surface area contributed by atoms with Crippen LogP contribution < -0.4 is 16.1 Å². The van der Waals surface area contributed by atoms with Crippen LogP contribution in [-0.2, 0) is 13.1 Å². The number of benzene rings is 2. The summed E-state index contributed by atoms with van der Waals surface area (Å²) in [6.45, 7) is 8.10. The molecule has 136 valence electrons. The molecule has 1 heterocycles. The Labute approximate surface area is 153 Å². The van der Waals surface area contributed by atoms with Crippen LogP contribution in [0.3, 0.4) is 0 Å². The van der Waals surface area contributed by atoms with Gasteiger partial charge in [-0.05, 0) is 31.5 Å². The number of para-hydroxylation sites is 1. The molecule has 0 fully saturated rings. The normalized spacial score (nSPS) is 11.3. The fourth-order valence-electron chi connectivity index (χ4n) is 3.37. The predicted molar refractivity (Wildman–Crippen MR) is 105 cm³/mol. The lowest BCUT2D eigenvalue weighted by molar-refractivity contribution is -0.897. The van der Waals surface area contributed by atoms with E-state index in [2.05, 4.69) is 13.8 Å². The lowest BCUT2D eigenvalue weighted by Crippen LogP contribution is -3.11. The minimum atomic E-state index is -0.232. The molecule has 0 aliphatic heterocycles. The highest BCUT2D eigenvalue weighted by Crippen LogP contribution is 2.08. The molecule has 0 aliphatic rings. The molecular formula is C21H26N3O2+. The first-order valence-corrected chi connectivity index (χ1v) is 9.25. The van der Waals surface area contributed by atoms with Gasteiger partial charge in [-0.1, -0.05) is 42.5 Å². The van der Waals surface area contributed by atoms with Crippen molar-refractivity contribution < 1.29 is 4.90 Å². The van der Waals surface area contributed by atoms with E-state index in [0.29, 0.717) is 18.5 Å². The number of quaternary nitrogens is 1. The lowest BCUT2D eigenvalue weighted by atomic mass is 10.2. The molecule has 0 aliphatic carbocycles. The average molecular weight is 352 g/mol. The van der Waals surface area contributed by atoms with E-state index in [1.807, 2.05) is 48.5 Å². The fourth-order valence-corrected chi connectivity index (χ4v) is 3.37. The number of nitrogens with zero attached hydrogens (tertiary/aromatic N) is 2. The van der Waals surface area contributed by atoms with Crippen LogP contribution in [0.15, 0.2) is 64.2 Å². The third-order valence-corrected chi connectivity index (χ3v) is 5.00. The Kier molecular flexibility index (Phi) is 5.68. The van der Waals surface area contributed by atoms with Gasteiger partial charge >= 0.3 is 5.69 Å². The van der Waals surface area contributed by atoms with Crippen molar-refractivity contribution in [3.8, 4) is 0 Å². The van der Waals surface area contributed by atoms with Crippen molar-refractivity contribution >= 4 is 10.9 Å². The lowest BCUT2D eigenvalue weighted by Gasteiger charge is -2.18. The number of nitrogens with one attached hydrogen (secondary N) is 1. The smallest absolute Gasteiger partial charge is 0.331 e. The van der Waals surface area contributed by atoms with Gasteiger partial charge in [0.15, 0.2) is 0 Å². The van der Waals surface area contributed by atoms with Gasteiger partial charge in [-0.2, -0.15) is 0 Å². The highest BCUT2D eigenvalue weighted by molar-refractivity contribution is 5.77. The van der Waals surface area contributed by atoms with Crippen LogP contribution in [0, 0.1) is 0 Å². The number of fused-ring (bicyclic) bond motifs is 1. The summed E-state index contributed by atoms with van der Waals surface area (Å²) in [5.41, 5.74) is 1.21. The largest absolute Gasteiger partial charge is 0.334 e. The van der Waals surface area contributed by atoms with E-state index in [-0.39, 0.29) is 11.2 Å². The van der Waals surface area contributed by atoms with E-state index in [9.17, 15) is 9.59 Å². The molecule has 5 nitrogen and oxygen atoms in total. The first kappa shape index (κ1) is 18.1. The van der Waals surface area contributed by atoms with Crippen LogP contribution in [0.1, 0.15) is 19.4 Å². The number of aromatic nitrogens is 2. The first-order valence-electron chi connectivity index (χ1n) is 9.25. The van der Waals surface area contributed by atoms with Gasteiger partial charge in [-0.15, -0.1) is 0 Å². The molecular weight excluding hydrogens is 326 g/mol. The van der Waals surface area contributed by atoms with Crippen LogP contribution in [0.2, 0.25) is 0 Å². The van der Waals surface area contributed by atoms with E-state index < -0.39 is 0 Å². The van der Waals surface area contributed by atoms with E-state index in [1.54, 1.807) is 10.6 Å². The topological polar surface area (TPSA) is 48.4 Å². The zero-order valence-electron chi connectivity index (χ0n) is 15.4. The summed E-state index contributed by atoms with van der Waals surface area (Å²) in [7, 11) is 0. The van der Waals surface area contributed by atoms with Crippen LogP contribution >= 0.6 is 0 Å². The van der Waals surface area contributed by atoms with E-state index in [4.69, 9.17) is 0 Å². The quantitative estimate of drug-likeness (QED) is 0.693. The molecule has 5 heteroatoms. The van der Waals surface area contributed by atoms with Gasteiger partial charge < -0.3 is 4.90 Å². The Morgan fingerprint density at radius 1 is 0.846 bits per heavy atom. The van der Waals surface area contributed by atoms with Crippen LogP contribution in [0.25, 0.3) is 10.9 Å². The van der Waals surface area contributed by atoms with E-state index >= 15 is 0 Å². The fraction of sp³-hybridized carbons (Fsp3) is 0.333.